The lowest BCUT2D eigenvalue weighted by molar-refractivity contribution is 1.09. The Labute approximate surface area is 225 Å². The second kappa shape index (κ2) is 9.76. The molecule has 7 rings (SSSR count). The fraction of sp³-hybridized carbons (Fsp3) is 0. The summed E-state index contributed by atoms with van der Waals surface area (Å²) in [6.45, 7) is 0. The third-order valence-corrected chi connectivity index (χ3v) is 7.08. The van der Waals surface area contributed by atoms with Crippen molar-refractivity contribution in [2.75, 3.05) is 0 Å². The molecule has 0 bridgehead atoms. The summed E-state index contributed by atoms with van der Waals surface area (Å²) in [5.74, 6) is 0. The van der Waals surface area contributed by atoms with Crippen molar-refractivity contribution in [3.05, 3.63) is 128 Å². The molecule has 0 unspecified atom stereocenters. The van der Waals surface area contributed by atoms with Gasteiger partial charge in [-0.15, -0.1) is 0 Å². The predicted octanol–water partition coefficient (Wildman–Crippen LogP) is 7.86. The van der Waals surface area contributed by atoms with E-state index in [2.05, 4.69) is 122 Å². The highest BCUT2D eigenvalue weighted by atomic mass is 15.1. The van der Waals surface area contributed by atoms with Crippen LogP contribution in [0, 0.1) is 0 Å². The van der Waals surface area contributed by atoms with Gasteiger partial charge in [-0.2, -0.15) is 15.3 Å². The van der Waals surface area contributed by atoms with Crippen LogP contribution in [0.5, 0.6) is 0 Å². The summed E-state index contributed by atoms with van der Waals surface area (Å²) < 4.78 is 0. The van der Waals surface area contributed by atoms with Crippen LogP contribution >= 0.6 is 0 Å². The van der Waals surface area contributed by atoms with Crippen LogP contribution in [0.25, 0.3) is 66.8 Å². The van der Waals surface area contributed by atoms with Gasteiger partial charge in [-0.1, -0.05) is 72.8 Å². The largest absolute Gasteiger partial charge is 0.285 e. The molecule has 0 fully saturated rings. The summed E-state index contributed by atoms with van der Waals surface area (Å²) in [5, 5.41) is 20.9. The summed E-state index contributed by atoms with van der Waals surface area (Å²) in [5.41, 5.74) is 13.6. The van der Waals surface area contributed by atoms with Crippen LogP contribution in [0.4, 0.5) is 0 Å². The van der Waals surface area contributed by atoms with Gasteiger partial charge in [0.15, 0.2) is 0 Å². The van der Waals surface area contributed by atoms with E-state index >= 15 is 0 Å². The van der Waals surface area contributed by atoms with E-state index in [0.717, 1.165) is 50.1 Å². The van der Waals surface area contributed by atoms with E-state index < -0.39 is 0 Å². The number of benzene rings is 4. The minimum Gasteiger partial charge on any atom is -0.285 e. The lowest BCUT2D eigenvalue weighted by Crippen LogP contribution is -1.87. The molecule has 0 spiro atoms. The molecule has 39 heavy (non-hydrogen) atoms. The van der Waals surface area contributed by atoms with Crippen molar-refractivity contribution >= 4 is 0 Å². The van der Waals surface area contributed by atoms with Crippen molar-refractivity contribution in [1.29, 1.82) is 0 Å². The van der Waals surface area contributed by atoms with Crippen LogP contribution in [-0.2, 0) is 0 Å². The van der Waals surface area contributed by atoms with Crippen LogP contribution in [0.3, 0.4) is 0 Å². The van der Waals surface area contributed by atoms with Crippen LogP contribution in [0.15, 0.2) is 128 Å². The van der Waals surface area contributed by atoms with Crippen molar-refractivity contribution in [2.45, 2.75) is 0 Å². The minimum absolute atomic E-state index is 1.08. The van der Waals surface area contributed by atoms with Gasteiger partial charge in [-0.25, -0.2) is 0 Å². The van der Waals surface area contributed by atoms with E-state index in [-0.39, 0.29) is 0 Å². The topological polar surface area (TPSA) is 86.0 Å². The molecule has 7 aromatic rings. The number of nitrogens with one attached hydrogen (secondary N) is 3. The molecule has 0 radical (unpaired) electrons. The van der Waals surface area contributed by atoms with E-state index in [1.165, 1.54) is 16.7 Å². The smallest absolute Gasteiger partial charge is 0.0565 e. The van der Waals surface area contributed by atoms with Crippen LogP contribution in [-0.4, -0.2) is 30.6 Å². The zero-order valence-corrected chi connectivity index (χ0v) is 21.0. The average Bonchev–Trinajstić information content (AvgIpc) is 3.82. The zero-order chi connectivity index (χ0) is 26.0. The quantitative estimate of drug-likeness (QED) is 0.215. The Kier molecular flexibility index (Phi) is 5.68. The number of H-pyrrole nitrogens is 3. The SMILES string of the molecule is c1cc(-c2cc(-c3ccc(-c4cn[nH]c4)cc3)cc(-c3ccc(-c4cn[nH]c4)cc3)c2)ccc1-c1cn[nH]c1. The van der Waals surface area contributed by atoms with Gasteiger partial charge in [0.1, 0.15) is 0 Å². The summed E-state index contributed by atoms with van der Waals surface area (Å²) in [6, 6.07) is 32.7. The molecule has 3 heterocycles. The van der Waals surface area contributed by atoms with Crippen molar-refractivity contribution in [1.82, 2.24) is 30.6 Å². The first-order chi connectivity index (χ1) is 19.3. The zero-order valence-electron chi connectivity index (χ0n) is 21.0. The Morgan fingerprint density at radius 1 is 0.282 bits per heavy atom. The number of aromatic nitrogens is 6. The summed E-state index contributed by atoms with van der Waals surface area (Å²) in [4.78, 5) is 0. The van der Waals surface area contributed by atoms with E-state index in [9.17, 15) is 0 Å². The maximum Gasteiger partial charge on any atom is 0.0565 e. The first-order valence-corrected chi connectivity index (χ1v) is 12.7. The molecule has 186 valence electrons. The number of hydrogen-bond donors (Lipinski definition) is 3. The summed E-state index contributed by atoms with van der Waals surface area (Å²) >= 11 is 0. The second-order valence-corrected chi connectivity index (χ2v) is 9.49. The standard InChI is InChI=1S/C33H24N6/c1-7-25(31-16-34-35-17-31)8-2-22(1)28-13-29(23-3-9-26(10-4-23)32-18-36-37-19-32)15-30(14-28)24-5-11-27(12-6-24)33-20-38-39-21-33/h1-21H,(H,34,35)(H,36,37)(H,38,39). The predicted molar refractivity (Wildman–Crippen MR) is 155 cm³/mol. The van der Waals surface area contributed by atoms with Crippen molar-refractivity contribution < 1.29 is 0 Å². The molecule has 0 amide bonds. The number of nitrogens with zero attached hydrogens (tertiary/aromatic N) is 3. The third kappa shape index (κ3) is 4.55. The highest BCUT2D eigenvalue weighted by Crippen LogP contribution is 2.35. The Balaban J connectivity index is 1.30. The van der Waals surface area contributed by atoms with Gasteiger partial charge in [0, 0.05) is 35.3 Å². The highest BCUT2D eigenvalue weighted by Gasteiger charge is 2.10. The first kappa shape index (κ1) is 22.7. The maximum absolute atomic E-state index is 4.08. The maximum atomic E-state index is 4.08. The van der Waals surface area contributed by atoms with E-state index in [4.69, 9.17) is 0 Å². The molecule has 6 nitrogen and oxygen atoms in total. The van der Waals surface area contributed by atoms with E-state index in [1.807, 2.05) is 37.2 Å². The minimum atomic E-state index is 1.08. The Morgan fingerprint density at radius 2 is 0.513 bits per heavy atom. The molecular weight excluding hydrogens is 480 g/mol. The summed E-state index contributed by atoms with van der Waals surface area (Å²) in [7, 11) is 0. The lowest BCUT2D eigenvalue weighted by Gasteiger charge is -2.12. The molecule has 0 atom stereocenters. The van der Waals surface area contributed by atoms with Gasteiger partial charge in [0.25, 0.3) is 0 Å². The normalized spacial score (nSPS) is 11.1. The molecule has 0 aliphatic heterocycles. The molecule has 3 N–H and O–H groups in total. The molecule has 4 aromatic carbocycles. The molecule has 0 saturated heterocycles. The third-order valence-electron chi connectivity index (χ3n) is 7.08. The highest BCUT2D eigenvalue weighted by molar-refractivity contribution is 5.83. The number of rotatable bonds is 6. The summed E-state index contributed by atoms with van der Waals surface area (Å²) in [6.07, 6.45) is 11.3. The van der Waals surface area contributed by atoms with Crippen molar-refractivity contribution in [2.24, 2.45) is 0 Å². The van der Waals surface area contributed by atoms with Crippen LogP contribution < -0.4 is 0 Å². The molecule has 0 aliphatic carbocycles. The molecule has 3 aromatic heterocycles. The molecule has 6 heteroatoms. The fourth-order valence-corrected chi connectivity index (χ4v) is 4.92. The molecule has 0 saturated carbocycles. The van der Waals surface area contributed by atoms with Gasteiger partial charge < -0.3 is 0 Å². The van der Waals surface area contributed by atoms with Crippen molar-refractivity contribution in [3.63, 3.8) is 0 Å². The van der Waals surface area contributed by atoms with Gasteiger partial charge in [-0.05, 0) is 68.3 Å². The molecular formula is C33H24N6. The van der Waals surface area contributed by atoms with E-state index in [1.54, 1.807) is 0 Å². The average molecular weight is 505 g/mol. The monoisotopic (exact) mass is 504 g/mol. The lowest BCUT2D eigenvalue weighted by atomic mass is 9.92. The Hall–Kier alpha value is -5.49. The van der Waals surface area contributed by atoms with Gasteiger partial charge in [-0.3, -0.25) is 15.3 Å². The van der Waals surface area contributed by atoms with Crippen LogP contribution in [0.2, 0.25) is 0 Å². The van der Waals surface area contributed by atoms with Gasteiger partial charge in [0.05, 0.1) is 18.6 Å². The first-order valence-electron chi connectivity index (χ1n) is 12.7. The Morgan fingerprint density at radius 3 is 0.718 bits per heavy atom. The fourth-order valence-electron chi connectivity index (χ4n) is 4.92. The van der Waals surface area contributed by atoms with Crippen molar-refractivity contribution in [3.8, 4) is 66.8 Å². The number of hydrogen-bond acceptors (Lipinski definition) is 3. The second-order valence-electron chi connectivity index (χ2n) is 9.49. The Bertz CT molecular complexity index is 1570. The molecule has 0 aliphatic rings. The number of aromatic amines is 3. The van der Waals surface area contributed by atoms with Gasteiger partial charge in [0.2, 0.25) is 0 Å². The van der Waals surface area contributed by atoms with E-state index in [0.29, 0.717) is 0 Å². The van der Waals surface area contributed by atoms with Crippen LogP contribution in [0.1, 0.15) is 0 Å². The van der Waals surface area contributed by atoms with Gasteiger partial charge >= 0.3 is 0 Å².